The fraction of sp³-hybridized carbons (Fsp3) is 0.467. The van der Waals surface area contributed by atoms with Crippen molar-refractivity contribution in [2.75, 3.05) is 13.2 Å². The molecule has 0 aliphatic rings. The summed E-state index contributed by atoms with van der Waals surface area (Å²) in [5.74, 6) is 0.795. The highest BCUT2D eigenvalue weighted by Gasteiger charge is 2.07. The molecule has 0 amide bonds. The zero-order valence-corrected chi connectivity index (χ0v) is 12.0. The molecule has 0 saturated carbocycles. The number of hydrogen-bond donors (Lipinski definition) is 1. The van der Waals surface area contributed by atoms with Crippen LogP contribution in [0.1, 0.15) is 32.3 Å². The monoisotopic (exact) mass is 267 g/mol. The van der Waals surface area contributed by atoms with Crippen LogP contribution in [0.25, 0.3) is 0 Å². The van der Waals surface area contributed by atoms with Crippen molar-refractivity contribution in [3.05, 3.63) is 40.9 Å². The highest BCUT2D eigenvalue weighted by Crippen LogP contribution is 2.28. The lowest BCUT2D eigenvalue weighted by Crippen LogP contribution is -2.15. The minimum absolute atomic E-state index is 0.625. The van der Waals surface area contributed by atoms with Gasteiger partial charge in [0.15, 0.2) is 0 Å². The molecule has 0 fully saturated rings. The van der Waals surface area contributed by atoms with Gasteiger partial charge in [0.2, 0.25) is 0 Å². The Bertz CT molecular complexity index is 390. The molecular weight excluding hydrogens is 246 g/mol. The van der Waals surface area contributed by atoms with Crippen molar-refractivity contribution in [3.63, 3.8) is 0 Å². The van der Waals surface area contributed by atoms with Crippen molar-refractivity contribution in [2.45, 2.75) is 33.2 Å². The van der Waals surface area contributed by atoms with E-state index in [-0.39, 0.29) is 0 Å². The molecule has 0 heterocycles. The third-order valence-electron chi connectivity index (χ3n) is 2.57. The van der Waals surface area contributed by atoms with Crippen molar-refractivity contribution in [2.24, 2.45) is 0 Å². The average molecular weight is 268 g/mol. The molecular formula is C15H22ClNO. The van der Waals surface area contributed by atoms with Crippen LogP contribution in [-0.2, 0) is 6.54 Å². The second-order valence-electron chi connectivity index (χ2n) is 4.46. The van der Waals surface area contributed by atoms with Gasteiger partial charge in [-0.1, -0.05) is 36.2 Å². The SMILES string of the molecule is C=C(C)CCOc1c(Cl)cccc1CNCCC. The second-order valence-corrected chi connectivity index (χ2v) is 4.87. The van der Waals surface area contributed by atoms with E-state index in [2.05, 4.69) is 18.8 Å². The van der Waals surface area contributed by atoms with Crippen molar-refractivity contribution in [1.29, 1.82) is 0 Å². The zero-order valence-electron chi connectivity index (χ0n) is 11.3. The van der Waals surface area contributed by atoms with Gasteiger partial charge in [0.05, 0.1) is 11.6 Å². The van der Waals surface area contributed by atoms with E-state index >= 15 is 0 Å². The highest BCUT2D eigenvalue weighted by molar-refractivity contribution is 6.32. The summed E-state index contributed by atoms with van der Waals surface area (Å²) in [6, 6.07) is 5.86. The lowest BCUT2D eigenvalue weighted by Gasteiger charge is -2.13. The van der Waals surface area contributed by atoms with E-state index in [1.165, 1.54) is 0 Å². The smallest absolute Gasteiger partial charge is 0.142 e. The van der Waals surface area contributed by atoms with E-state index in [1.54, 1.807) is 0 Å². The van der Waals surface area contributed by atoms with Gasteiger partial charge in [-0.05, 0) is 26.0 Å². The molecule has 1 aromatic rings. The minimum atomic E-state index is 0.625. The van der Waals surface area contributed by atoms with Crippen molar-refractivity contribution in [1.82, 2.24) is 5.32 Å². The first kappa shape index (κ1) is 15.1. The van der Waals surface area contributed by atoms with Crippen LogP contribution in [0, 0.1) is 0 Å². The number of halogens is 1. The first-order valence-corrected chi connectivity index (χ1v) is 6.78. The predicted molar refractivity (Wildman–Crippen MR) is 78.4 cm³/mol. The largest absolute Gasteiger partial charge is 0.491 e. The summed E-state index contributed by atoms with van der Waals surface area (Å²) in [6.45, 7) is 10.4. The normalized spacial score (nSPS) is 10.4. The molecule has 0 aliphatic carbocycles. The Hall–Kier alpha value is -0.990. The molecule has 0 saturated heterocycles. The van der Waals surface area contributed by atoms with Crippen LogP contribution in [0.15, 0.2) is 30.4 Å². The van der Waals surface area contributed by atoms with E-state index in [1.807, 2.05) is 25.1 Å². The Balaban J connectivity index is 2.64. The first-order valence-electron chi connectivity index (χ1n) is 6.40. The quantitative estimate of drug-likeness (QED) is 0.563. The van der Waals surface area contributed by atoms with Crippen LogP contribution in [-0.4, -0.2) is 13.2 Å². The Morgan fingerprint density at radius 2 is 2.22 bits per heavy atom. The minimum Gasteiger partial charge on any atom is -0.491 e. The number of rotatable bonds is 8. The van der Waals surface area contributed by atoms with Crippen molar-refractivity contribution < 1.29 is 4.74 Å². The van der Waals surface area contributed by atoms with E-state index < -0.39 is 0 Å². The maximum atomic E-state index is 6.18. The van der Waals surface area contributed by atoms with Gasteiger partial charge in [-0.25, -0.2) is 0 Å². The zero-order chi connectivity index (χ0) is 13.4. The third-order valence-corrected chi connectivity index (χ3v) is 2.86. The number of ether oxygens (including phenoxy) is 1. The maximum absolute atomic E-state index is 6.18. The average Bonchev–Trinajstić information content (AvgIpc) is 2.32. The molecule has 0 unspecified atom stereocenters. The Labute approximate surface area is 115 Å². The van der Waals surface area contributed by atoms with Gasteiger partial charge in [0, 0.05) is 18.5 Å². The molecule has 0 aliphatic heterocycles. The van der Waals surface area contributed by atoms with Crippen molar-refractivity contribution >= 4 is 11.6 Å². The van der Waals surface area contributed by atoms with Gasteiger partial charge in [-0.3, -0.25) is 0 Å². The Morgan fingerprint density at radius 1 is 1.44 bits per heavy atom. The van der Waals surface area contributed by atoms with Crippen LogP contribution < -0.4 is 10.1 Å². The maximum Gasteiger partial charge on any atom is 0.142 e. The molecule has 100 valence electrons. The molecule has 0 bridgehead atoms. The molecule has 1 rings (SSSR count). The van der Waals surface area contributed by atoms with Crippen LogP contribution in [0.4, 0.5) is 0 Å². The van der Waals surface area contributed by atoms with Gasteiger partial charge in [-0.2, -0.15) is 0 Å². The van der Waals surface area contributed by atoms with Gasteiger partial charge >= 0.3 is 0 Å². The molecule has 1 aromatic carbocycles. The summed E-state index contributed by atoms with van der Waals surface area (Å²) in [5.41, 5.74) is 2.23. The summed E-state index contributed by atoms with van der Waals surface area (Å²) in [4.78, 5) is 0. The van der Waals surface area contributed by atoms with Gasteiger partial charge < -0.3 is 10.1 Å². The lowest BCUT2D eigenvalue weighted by molar-refractivity contribution is 0.317. The number of para-hydroxylation sites is 1. The van der Waals surface area contributed by atoms with Gasteiger partial charge in [0.25, 0.3) is 0 Å². The molecule has 18 heavy (non-hydrogen) atoms. The predicted octanol–water partition coefficient (Wildman–Crippen LogP) is 4.18. The fourth-order valence-corrected chi connectivity index (χ4v) is 1.83. The summed E-state index contributed by atoms with van der Waals surface area (Å²) in [7, 11) is 0. The van der Waals surface area contributed by atoms with Crippen LogP contribution >= 0.6 is 11.6 Å². The van der Waals surface area contributed by atoms with E-state index in [4.69, 9.17) is 16.3 Å². The summed E-state index contributed by atoms with van der Waals surface area (Å²) in [6.07, 6.45) is 1.97. The summed E-state index contributed by atoms with van der Waals surface area (Å²) >= 11 is 6.18. The topological polar surface area (TPSA) is 21.3 Å². The van der Waals surface area contributed by atoms with Crippen LogP contribution in [0.3, 0.4) is 0 Å². The Morgan fingerprint density at radius 3 is 2.89 bits per heavy atom. The lowest BCUT2D eigenvalue weighted by atomic mass is 10.2. The molecule has 0 aromatic heterocycles. The van der Waals surface area contributed by atoms with E-state index in [9.17, 15) is 0 Å². The summed E-state index contributed by atoms with van der Waals surface area (Å²) < 4.78 is 5.78. The highest BCUT2D eigenvalue weighted by atomic mass is 35.5. The van der Waals surface area contributed by atoms with E-state index in [0.29, 0.717) is 11.6 Å². The fourth-order valence-electron chi connectivity index (χ4n) is 1.58. The van der Waals surface area contributed by atoms with E-state index in [0.717, 1.165) is 42.8 Å². The third kappa shape index (κ3) is 5.11. The van der Waals surface area contributed by atoms with Crippen LogP contribution in [0.2, 0.25) is 5.02 Å². The number of hydrogen-bond acceptors (Lipinski definition) is 2. The Kier molecular flexibility index (Phi) is 6.84. The second kappa shape index (κ2) is 8.17. The van der Waals surface area contributed by atoms with Gasteiger partial charge in [0.1, 0.15) is 5.75 Å². The van der Waals surface area contributed by atoms with Crippen molar-refractivity contribution in [3.8, 4) is 5.75 Å². The molecule has 0 radical (unpaired) electrons. The summed E-state index contributed by atoms with van der Waals surface area (Å²) in [5, 5.41) is 4.04. The number of benzene rings is 1. The van der Waals surface area contributed by atoms with Gasteiger partial charge in [-0.15, -0.1) is 6.58 Å². The molecule has 0 atom stereocenters. The molecule has 1 N–H and O–H groups in total. The molecule has 2 nitrogen and oxygen atoms in total. The van der Waals surface area contributed by atoms with Crippen LogP contribution in [0.5, 0.6) is 5.75 Å². The standard InChI is InChI=1S/C15H22ClNO/c1-4-9-17-11-13-6-5-7-14(16)15(13)18-10-8-12(2)3/h5-7,17H,2,4,8-11H2,1,3H3. The first-order chi connectivity index (χ1) is 8.65. The molecule has 0 spiro atoms. The molecule has 3 heteroatoms. The number of nitrogens with one attached hydrogen (secondary N) is 1.